The van der Waals surface area contributed by atoms with Gasteiger partial charge >= 0.3 is 0 Å². The lowest BCUT2D eigenvalue weighted by Crippen LogP contribution is -2.43. The highest BCUT2D eigenvalue weighted by molar-refractivity contribution is 5.82. The Bertz CT molecular complexity index is 833. The minimum atomic E-state index is -0.356. The molecule has 2 aliphatic rings. The van der Waals surface area contributed by atoms with E-state index >= 15 is 0 Å². The monoisotopic (exact) mass is 339 g/mol. The van der Waals surface area contributed by atoms with E-state index in [0.717, 1.165) is 49.4 Å². The van der Waals surface area contributed by atoms with Crippen molar-refractivity contribution in [1.82, 2.24) is 9.88 Å². The number of carbonyl (C=O) groups excluding carboxylic acids is 1. The molecule has 25 heavy (non-hydrogen) atoms. The van der Waals surface area contributed by atoms with Crippen LogP contribution in [0.2, 0.25) is 0 Å². The quantitative estimate of drug-likeness (QED) is 0.917. The van der Waals surface area contributed by atoms with Crippen LogP contribution in [0.5, 0.6) is 0 Å². The largest absolute Gasteiger partial charge is 0.344 e. The molecule has 3 atom stereocenters. The fraction of sp³-hybridized carbons (Fsp3) is 0.500. The minimum absolute atomic E-state index is 0.00730. The summed E-state index contributed by atoms with van der Waals surface area (Å²) >= 11 is 0. The fourth-order valence-corrected chi connectivity index (χ4v) is 4.12. The Kier molecular flexibility index (Phi) is 4.20. The number of hydrogen-bond donors (Lipinski definition) is 1. The molecule has 0 radical (unpaired) electrons. The average Bonchev–Trinajstić information content (AvgIpc) is 3.39. The molecule has 2 saturated carbocycles. The second-order valence-electron chi connectivity index (χ2n) is 7.34. The summed E-state index contributed by atoms with van der Waals surface area (Å²) in [6.07, 6.45) is 7.90. The Hall–Kier alpha value is -2.35. The van der Waals surface area contributed by atoms with Crippen molar-refractivity contribution in [3.8, 4) is 6.07 Å². The van der Waals surface area contributed by atoms with Crippen molar-refractivity contribution in [3.63, 3.8) is 0 Å². The van der Waals surface area contributed by atoms with E-state index in [1.54, 1.807) is 6.07 Å². The number of amides is 1. The molecule has 2 aliphatic carbocycles. The maximum Gasteiger partial charge on any atom is 0.226 e. The number of carbonyl (C=O) groups is 1. The van der Waals surface area contributed by atoms with Crippen LogP contribution in [0.4, 0.5) is 4.39 Å². The second-order valence-corrected chi connectivity index (χ2v) is 7.34. The zero-order valence-corrected chi connectivity index (χ0v) is 14.1. The predicted octanol–water partition coefficient (Wildman–Crippen LogP) is 3.93. The molecule has 2 aromatic rings. The molecule has 2 fully saturated rings. The third-order valence-electron chi connectivity index (χ3n) is 5.64. The van der Waals surface area contributed by atoms with Gasteiger partial charge in [0.05, 0.1) is 12.0 Å². The maximum atomic E-state index is 13.5. The van der Waals surface area contributed by atoms with Gasteiger partial charge in [-0.15, -0.1) is 0 Å². The fourth-order valence-electron chi connectivity index (χ4n) is 4.12. The third kappa shape index (κ3) is 3.13. The number of rotatable bonds is 4. The van der Waals surface area contributed by atoms with Crippen LogP contribution in [0.15, 0.2) is 30.5 Å². The van der Waals surface area contributed by atoms with Crippen molar-refractivity contribution >= 4 is 16.8 Å². The molecule has 0 bridgehead atoms. The molecule has 4 rings (SSSR count). The molecule has 1 aromatic heterocycles. The van der Waals surface area contributed by atoms with Gasteiger partial charge in [0.1, 0.15) is 11.9 Å². The number of nitrogens with zero attached hydrogens (tertiary/aromatic N) is 2. The van der Waals surface area contributed by atoms with Gasteiger partial charge in [-0.25, -0.2) is 4.39 Å². The molecular weight excluding hydrogens is 317 g/mol. The normalized spacial score (nSPS) is 24.6. The molecule has 5 heteroatoms. The highest BCUT2D eigenvalue weighted by atomic mass is 19.1. The Morgan fingerprint density at radius 2 is 2.04 bits per heavy atom. The first-order valence-corrected chi connectivity index (χ1v) is 9.13. The molecule has 4 nitrogen and oxygen atoms in total. The van der Waals surface area contributed by atoms with Crippen LogP contribution in [0.3, 0.4) is 0 Å². The minimum Gasteiger partial charge on any atom is -0.344 e. The summed E-state index contributed by atoms with van der Waals surface area (Å²) in [5.74, 6) is -0.0630. The number of benzene rings is 1. The molecular formula is C20H22FN3O. The van der Waals surface area contributed by atoms with Gasteiger partial charge in [0, 0.05) is 23.1 Å². The van der Waals surface area contributed by atoms with Crippen molar-refractivity contribution in [3.05, 3.63) is 36.3 Å². The van der Waals surface area contributed by atoms with E-state index in [-0.39, 0.29) is 29.7 Å². The van der Waals surface area contributed by atoms with Gasteiger partial charge in [-0.1, -0.05) is 12.8 Å². The van der Waals surface area contributed by atoms with Gasteiger partial charge in [-0.2, -0.15) is 5.26 Å². The van der Waals surface area contributed by atoms with E-state index < -0.39 is 0 Å². The number of nitrogens with one attached hydrogen (secondary N) is 1. The lowest BCUT2D eigenvalue weighted by Gasteiger charge is -2.33. The summed E-state index contributed by atoms with van der Waals surface area (Å²) in [5, 5.41) is 13.1. The van der Waals surface area contributed by atoms with E-state index in [0.29, 0.717) is 5.92 Å². The van der Waals surface area contributed by atoms with E-state index in [4.69, 9.17) is 0 Å². The van der Waals surface area contributed by atoms with E-state index in [9.17, 15) is 14.4 Å². The topological polar surface area (TPSA) is 57.8 Å². The van der Waals surface area contributed by atoms with E-state index in [2.05, 4.69) is 16.0 Å². The molecule has 1 heterocycles. The lowest BCUT2D eigenvalue weighted by atomic mass is 9.83. The van der Waals surface area contributed by atoms with Gasteiger partial charge in [0.25, 0.3) is 0 Å². The summed E-state index contributed by atoms with van der Waals surface area (Å²) in [5.41, 5.74) is 0.963. The number of halogens is 1. The van der Waals surface area contributed by atoms with Crippen molar-refractivity contribution in [2.75, 3.05) is 0 Å². The zero-order chi connectivity index (χ0) is 17.4. The molecule has 0 saturated heterocycles. The average molecular weight is 339 g/mol. The predicted molar refractivity (Wildman–Crippen MR) is 93.2 cm³/mol. The molecule has 0 aliphatic heterocycles. The van der Waals surface area contributed by atoms with Crippen LogP contribution >= 0.6 is 0 Å². The van der Waals surface area contributed by atoms with Crippen molar-refractivity contribution in [2.45, 2.75) is 50.6 Å². The highest BCUT2D eigenvalue weighted by Gasteiger charge is 2.37. The number of aromatic nitrogens is 1. The summed E-state index contributed by atoms with van der Waals surface area (Å²) in [6, 6.07) is 8.64. The standard InChI is InChI=1S/C20H22FN3O/c21-15-7-8-18-14(11-15)9-10-24(18)19-4-2-1-3-16(19)20(25)23-17(12-22)13-5-6-13/h7-11,13,16-17,19H,1-6H2,(H,23,25)/t16-,17?,19+/m1/s1. The van der Waals surface area contributed by atoms with Crippen LogP contribution in [0.1, 0.15) is 44.6 Å². The highest BCUT2D eigenvalue weighted by Crippen LogP contribution is 2.38. The van der Waals surface area contributed by atoms with E-state index in [1.165, 1.54) is 12.1 Å². The van der Waals surface area contributed by atoms with Gasteiger partial charge < -0.3 is 9.88 Å². The lowest BCUT2D eigenvalue weighted by molar-refractivity contribution is -0.127. The van der Waals surface area contributed by atoms with Gasteiger partial charge in [0.15, 0.2) is 0 Å². The Labute approximate surface area is 146 Å². The first kappa shape index (κ1) is 16.1. The van der Waals surface area contributed by atoms with Crippen LogP contribution in [-0.2, 0) is 4.79 Å². The Morgan fingerprint density at radius 1 is 1.24 bits per heavy atom. The Morgan fingerprint density at radius 3 is 2.80 bits per heavy atom. The molecule has 1 aromatic carbocycles. The van der Waals surface area contributed by atoms with Crippen molar-refractivity contribution < 1.29 is 9.18 Å². The smallest absolute Gasteiger partial charge is 0.226 e. The maximum absolute atomic E-state index is 13.5. The molecule has 1 amide bonds. The first-order chi connectivity index (χ1) is 12.2. The second kappa shape index (κ2) is 6.51. The number of fused-ring (bicyclic) bond motifs is 1. The third-order valence-corrected chi connectivity index (χ3v) is 5.64. The SMILES string of the molecule is N#CC(NC(=O)[C@@H]1CCCC[C@@H]1n1ccc2cc(F)ccc21)C1CC1. The molecule has 1 N–H and O–H groups in total. The Balaban J connectivity index is 1.60. The van der Waals surface area contributed by atoms with Gasteiger partial charge in [0.2, 0.25) is 5.91 Å². The first-order valence-electron chi connectivity index (χ1n) is 9.13. The van der Waals surface area contributed by atoms with Crippen LogP contribution in [-0.4, -0.2) is 16.5 Å². The van der Waals surface area contributed by atoms with E-state index in [1.807, 2.05) is 12.3 Å². The van der Waals surface area contributed by atoms with Gasteiger partial charge in [-0.05, 0) is 55.9 Å². The zero-order valence-electron chi connectivity index (χ0n) is 14.1. The van der Waals surface area contributed by atoms with Crippen LogP contribution in [0.25, 0.3) is 10.9 Å². The summed E-state index contributed by atoms with van der Waals surface area (Å²) in [4.78, 5) is 12.9. The number of nitriles is 1. The van der Waals surface area contributed by atoms with Crippen molar-refractivity contribution in [1.29, 1.82) is 5.26 Å². The van der Waals surface area contributed by atoms with Gasteiger partial charge in [-0.3, -0.25) is 4.79 Å². The van der Waals surface area contributed by atoms with Crippen LogP contribution < -0.4 is 5.32 Å². The van der Waals surface area contributed by atoms with Crippen LogP contribution in [0, 0.1) is 29.0 Å². The van der Waals surface area contributed by atoms with Crippen molar-refractivity contribution in [2.24, 2.45) is 11.8 Å². The number of hydrogen-bond acceptors (Lipinski definition) is 2. The molecule has 0 spiro atoms. The summed E-state index contributed by atoms with van der Waals surface area (Å²) in [7, 11) is 0. The molecule has 130 valence electrons. The summed E-state index contributed by atoms with van der Waals surface area (Å²) in [6.45, 7) is 0. The molecule has 1 unspecified atom stereocenters. The summed E-state index contributed by atoms with van der Waals surface area (Å²) < 4.78 is 15.6.